The molecule has 7 aromatic carbocycles. The van der Waals surface area contributed by atoms with Crippen molar-refractivity contribution < 1.29 is 39.3 Å². The summed E-state index contributed by atoms with van der Waals surface area (Å²) in [4.78, 5) is 24.1. The summed E-state index contributed by atoms with van der Waals surface area (Å²) in [5.74, 6) is 0. The number of hydrogen-bond donors (Lipinski definition) is 0. The average Bonchev–Trinajstić information content (AvgIpc) is 1.69. The fourth-order valence-electron chi connectivity index (χ4n) is 11.0. The van der Waals surface area contributed by atoms with Gasteiger partial charge < -0.3 is 23.8 Å². The van der Waals surface area contributed by atoms with Gasteiger partial charge in [-0.3, -0.25) is 0 Å². The van der Waals surface area contributed by atoms with Crippen LogP contribution in [0.5, 0.6) is 0 Å². The first-order chi connectivity index (χ1) is 44.6. The quantitative estimate of drug-likeness (QED) is 0.0953. The van der Waals surface area contributed by atoms with E-state index < -0.39 is 72.6 Å². The smallest absolute Gasteiger partial charge is 0.339 e. The molecule has 0 bridgehead atoms. The van der Waals surface area contributed by atoms with Crippen molar-refractivity contribution in [2.45, 2.75) is 66.9 Å². The fraction of sp³-hybridized carbons (Fsp3) is 0.137. The standard InChI is InChI=1S/C73H56N7.Ir/c1-44-56(41-75-70-61-25-15-17-27-66(61)79-48(5)46(3)77-72(79)68(44)70)31-29-50-37-51(30-32-57-42-76-71-62-26-16-18-28-67(62)80-49(6)47(4)78-73(80)69(71)45(57)2)39-58(38-50)59-23-13-14-24-60(59)64-43-74-65(55-21-11-8-12-22-55)40-63(64)54-35-33-53(34-36-54)52-19-9-7-10-20-52;/h7-21,23-24,27-28,33-43H,29-32H2,1-6H3;/q-3;+3/i1D3,2D3,29D2,30D2,31D2,32D2;. The number of rotatable bonds is 11. The monoisotopic (exact) mass is 1240 g/mol. The Labute approximate surface area is 505 Å². The zero-order chi connectivity index (χ0) is 66.3. The zero-order valence-corrected chi connectivity index (χ0v) is 46.7. The van der Waals surface area contributed by atoms with Crippen LogP contribution in [0.3, 0.4) is 0 Å². The Morgan fingerprint density at radius 2 is 0.988 bits per heavy atom. The van der Waals surface area contributed by atoms with Crippen molar-refractivity contribution in [1.82, 2.24) is 33.7 Å². The molecule has 0 atom stereocenters. The molecule has 0 saturated heterocycles. The van der Waals surface area contributed by atoms with E-state index in [4.69, 9.17) is 33.1 Å². The molecular formula is C73H56IrN7. The van der Waals surface area contributed by atoms with E-state index in [1.54, 1.807) is 77.4 Å². The number of pyridine rings is 5. The molecule has 0 fully saturated rings. The number of benzene rings is 7. The Balaban J connectivity index is 0.00000818. The molecule has 8 heteroatoms. The molecule has 0 saturated carbocycles. The number of aryl methyl sites for hydroxylation is 10. The molecule has 7 aromatic heterocycles. The largest absolute Gasteiger partial charge is 3.00 e. The average molecular weight is 1240 g/mol. The Hall–Kier alpha value is -8.94. The predicted molar refractivity (Wildman–Crippen MR) is 327 cm³/mol. The van der Waals surface area contributed by atoms with Gasteiger partial charge in [-0.05, 0) is 156 Å². The Kier molecular flexibility index (Phi) is 9.78. The molecule has 14 aromatic rings. The van der Waals surface area contributed by atoms with Gasteiger partial charge in [-0.1, -0.05) is 103 Å². The number of hydrogen-bond acceptors (Lipinski definition) is 5. The molecule has 7 heterocycles. The van der Waals surface area contributed by atoms with E-state index in [2.05, 4.69) is 18.2 Å². The van der Waals surface area contributed by atoms with Crippen LogP contribution < -0.4 is 0 Å². The minimum atomic E-state index is -3.35. The molecule has 0 aliphatic carbocycles. The summed E-state index contributed by atoms with van der Waals surface area (Å²) in [7, 11) is 0. The van der Waals surface area contributed by atoms with E-state index in [0.717, 1.165) is 46.3 Å². The van der Waals surface area contributed by atoms with Gasteiger partial charge in [0.05, 0.1) is 11.4 Å². The topological polar surface area (TPSA) is 73.3 Å². The van der Waals surface area contributed by atoms with Crippen LogP contribution in [0, 0.1) is 59.6 Å². The van der Waals surface area contributed by atoms with Gasteiger partial charge in [0.25, 0.3) is 0 Å². The second kappa shape index (κ2) is 20.9. The molecule has 0 N–H and O–H groups in total. The van der Waals surface area contributed by atoms with Crippen LogP contribution >= 0.6 is 0 Å². The van der Waals surface area contributed by atoms with E-state index in [1.165, 1.54) is 12.1 Å². The van der Waals surface area contributed by atoms with Gasteiger partial charge in [0.2, 0.25) is 0 Å². The minimum Gasteiger partial charge on any atom is -0.339 e. The van der Waals surface area contributed by atoms with Crippen molar-refractivity contribution >= 4 is 54.9 Å². The Bertz CT molecular complexity index is 5190. The van der Waals surface area contributed by atoms with Crippen LogP contribution in [0.1, 0.15) is 75.3 Å². The van der Waals surface area contributed by atoms with Crippen LogP contribution in [0.2, 0.25) is 0 Å². The summed E-state index contributed by atoms with van der Waals surface area (Å²) in [5.41, 5.74) is 7.26. The van der Waals surface area contributed by atoms with Crippen LogP contribution in [0.25, 0.3) is 111 Å². The maximum absolute atomic E-state index is 10.3. The van der Waals surface area contributed by atoms with Crippen molar-refractivity contribution in [3.63, 3.8) is 0 Å². The molecule has 0 radical (unpaired) electrons. The summed E-state index contributed by atoms with van der Waals surface area (Å²) < 4.78 is 140. The molecule has 0 spiro atoms. The maximum Gasteiger partial charge on any atom is 3.00 e. The van der Waals surface area contributed by atoms with Crippen molar-refractivity contribution in [2.24, 2.45) is 0 Å². The van der Waals surface area contributed by atoms with Crippen LogP contribution in [-0.4, -0.2) is 33.7 Å². The molecule has 7 nitrogen and oxygen atoms in total. The summed E-state index contributed by atoms with van der Waals surface area (Å²) >= 11 is 0. The second-order valence-corrected chi connectivity index (χ2v) is 20.0. The van der Waals surface area contributed by atoms with Gasteiger partial charge >= 0.3 is 20.1 Å². The Morgan fingerprint density at radius 3 is 1.56 bits per heavy atom. The molecule has 392 valence electrons. The van der Waals surface area contributed by atoms with Gasteiger partial charge in [-0.15, -0.1) is 95.2 Å². The molecular weight excluding hydrogens is 1170 g/mol. The van der Waals surface area contributed by atoms with E-state index in [9.17, 15) is 11.0 Å². The first kappa shape index (κ1) is 37.8. The van der Waals surface area contributed by atoms with E-state index in [0.29, 0.717) is 67.0 Å². The van der Waals surface area contributed by atoms with E-state index in [1.807, 2.05) is 111 Å². The molecule has 0 unspecified atom stereocenters. The van der Waals surface area contributed by atoms with Crippen LogP contribution in [-0.2, 0) is 45.6 Å². The minimum absolute atomic E-state index is 0. The predicted octanol–water partition coefficient (Wildman–Crippen LogP) is 16.9. The first-order valence-corrected chi connectivity index (χ1v) is 26.2. The van der Waals surface area contributed by atoms with Gasteiger partial charge in [0.15, 0.2) is 0 Å². The second-order valence-electron chi connectivity index (χ2n) is 20.0. The van der Waals surface area contributed by atoms with Gasteiger partial charge in [0, 0.05) is 76.5 Å². The number of nitrogens with zero attached hydrogens (tertiary/aromatic N) is 7. The molecule has 0 amide bonds. The van der Waals surface area contributed by atoms with Crippen LogP contribution in [0.4, 0.5) is 0 Å². The van der Waals surface area contributed by atoms with Crippen molar-refractivity contribution in [1.29, 1.82) is 0 Å². The molecule has 81 heavy (non-hydrogen) atoms. The molecule has 0 aliphatic heterocycles. The zero-order valence-electron chi connectivity index (χ0n) is 58.3. The maximum atomic E-state index is 10.3. The summed E-state index contributed by atoms with van der Waals surface area (Å²) in [6, 6.07) is 58.3. The van der Waals surface area contributed by atoms with Gasteiger partial charge in [-0.25, -0.2) is 9.97 Å². The van der Waals surface area contributed by atoms with Gasteiger partial charge in [0.1, 0.15) is 11.3 Å². The van der Waals surface area contributed by atoms with Crippen LogP contribution in [0.15, 0.2) is 182 Å². The third-order valence-electron chi connectivity index (χ3n) is 15.3. The third-order valence-corrected chi connectivity index (χ3v) is 15.3. The van der Waals surface area contributed by atoms with Crippen molar-refractivity contribution in [3.05, 3.63) is 257 Å². The van der Waals surface area contributed by atoms with E-state index in [-0.39, 0.29) is 58.8 Å². The number of fused-ring (bicyclic) bond motifs is 12. The number of aromatic nitrogens is 7. The SMILES string of the molecule is [2H]C([2H])([2H])c1c(C([2H])([2H])C([2H])([2H])c2cc(-c3ccccc3-c3cnc(-c4[c-]cccc4)cc3-c3ccc(-c4ccccc4)cc3)cc(C([2H])([2H])C([2H])([2H])c3cnc4c5[c-]cccc5n5c(C)c(C)nc5c4c3C([2H])([2H])[2H])c2)cnc2c3[c-]cccc3n3c(C)c(C)nc3c12.[Ir+3]. The van der Waals surface area contributed by atoms with E-state index >= 15 is 0 Å². The first-order valence-electron chi connectivity index (χ1n) is 33.2. The fourth-order valence-corrected chi connectivity index (χ4v) is 11.0. The summed E-state index contributed by atoms with van der Waals surface area (Å²) in [5, 5.41) is 0.765. The Morgan fingerprint density at radius 1 is 0.457 bits per heavy atom. The van der Waals surface area contributed by atoms with Gasteiger partial charge in [-0.2, -0.15) is 0 Å². The van der Waals surface area contributed by atoms with Crippen molar-refractivity contribution in [3.8, 4) is 55.8 Å². The molecule has 14 rings (SSSR count). The van der Waals surface area contributed by atoms with Crippen molar-refractivity contribution in [2.75, 3.05) is 0 Å². The molecule has 0 aliphatic rings. The summed E-state index contributed by atoms with van der Waals surface area (Å²) in [6.45, 7) is 0.913. The number of imidazole rings is 2. The third kappa shape index (κ3) is 8.91. The summed E-state index contributed by atoms with van der Waals surface area (Å²) in [6.07, 6.45) is -9.60. The normalized spacial score (nSPS) is 15.3.